The van der Waals surface area contributed by atoms with Crippen LogP contribution in [-0.4, -0.2) is 30.6 Å². The Hall–Kier alpha value is -1.52. The highest BCUT2D eigenvalue weighted by Gasteiger charge is 2.06. The summed E-state index contributed by atoms with van der Waals surface area (Å²) in [5.41, 5.74) is 0. The zero-order chi connectivity index (χ0) is 12.4. The molecule has 0 spiro atoms. The molecule has 16 heavy (non-hydrogen) atoms. The molecule has 0 unspecified atom stereocenters. The molecule has 0 aromatic heterocycles. The predicted octanol–water partition coefficient (Wildman–Crippen LogP) is 1.30. The molecule has 0 saturated heterocycles. The summed E-state index contributed by atoms with van der Waals surface area (Å²) in [7, 11) is 1.45. The van der Waals surface area contributed by atoms with Crippen molar-refractivity contribution in [3.8, 4) is 0 Å². The summed E-state index contributed by atoms with van der Waals surface area (Å²) in [6, 6.07) is 0. The molecule has 0 aliphatic carbocycles. The lowest BCUT2D eigenvalue weighted by Gasteiger charge is -2.06. The second-order valence-electron chi connectivity index (χ2n) is 3.32. The van der Waals surface area contributed by atoms with E-state index in [9.17, 15) is 9.59 Å². The molecule has 0 heterocycles. The van der Waals surface area contributed by atoms with Gasteiger partial charge in [-0.05, 0) is 25.8 Å². The number of rotatable bonds is 8. The Morgan fingerprint density at radius 2 is 2.00 bits per heavy atom. The third-order valence-electron chi connectivity index (χ3n) is 2.06. The van der Waals surface area contributed by atoms with Crippen molar-refractivity contribution >= 4 is 11.9 Å². The summed E-state index contributed by atoms with van der Waals surface area (Å²) in [4.78, 5) is 21.6. The van der Waals surface area contributed by atoms with Crippen molar-refractivity contribution in [2.45, 2.75) is 32.6 Å². The molecule has 0 aromatic carbocycles. The molecule has 0 fully saturated rings. The van der Waals surface area contributed by atoms with Crippen LogP contribution in [0.2, 0.25) is 0 Å². The monoisotopic (exact) mass is 229 g/mol. The van der Waals surface area contributed by atoms with Crippen LogP contribution >= 0.6 is 0 Å². The number of amides is 1. The normalized spacial score (nSPS) is 11.0. The lowest BCUT2D eigenvalue weighted by Crippen LogP contribution is -2.26. The van der Waals surface area contributed by atoms with Crippen LogP contribution in [-0.2, 0) is 14.3 Å². The molecule has 0 aromatic rings. The van der Waals surface area contributed by atoms with Crippen LogP contribution in [0.1, 0.15) is 32.6 Å². The number of ether oxygens (including phenoxy) is 1. The Bertz CT molecular complexity index is 261. The van der Waals surface area contributed by atoms with Gasteiger partial charge in [0.2, 0.25) is 0 Å². The first-order chi connectivity index (χ1) is 7.61. The van der Waals surface area contributed by atoms with Gasteiger partial charge in [0.05, 0.1) is 7.11 Å². The standard InChI is InChI=1S/C11H19NO4/c1-3-9(16-2)11(15)12-8-6-4-5-7-10(13)14/h3H,4-8H2,1-2H3,(H,12,15)(H,13,14)/b9-3-. The van der Waals surface area contributed by atoms with E-state index in [1.165, 1.54) is 7.11 Å². The number of unbranched alkanes of at least 4 members (excludes halogenated alkanes) is 2. The number of carboxylic acids is 1. The first-order valence-corrected chi connectivity index (χ1v) is 5.32. The molecular formula is C11H19NO4. The number of carbonyl (C=O) groups excluding carboxylic acids is 1. The lowest BCUT2D eigenvalue weighted by atomic mass is 10.2. The zero-order valence-corrected chi connectivity index (χ0v) is 9.78. The summed E-state index contributed by atoms with van der Waals surface area (Å²) in [6.45, 7) is 2.27. The minimum Gasteiger partial charge on any atom is -0.491 e. The largest absolute Gasteiger partial charge is 0.491 e. The van der Waals surface area contributed by atoms with E-state index in [0.29, 0.717) is 18.7 Å². The van der Waals surface area contributed by atoms with E-state index in [1.54, 1.807) is 13.0 Å². The van der Waals surface area contributed by atoms with Gasteiger partial charge in [-0.3, -0.25) is 9.59 Å². The van der Waals surface area contributed by atoms with Crippen LogP contribution in [0.15, 0.2) is 11.8 Å². The maximum Gasteiger partial charge on any atom is 0.303 e. The smallest absolute Gasteiger partial charge is 0.303 e. The summed E-state index contributed by atoms with van der Waals surface area (Å²) in [5, 5.41) is 11.1. The van der Waals surface area contributed by atoms with E-state index in [1.807, 2.05) is 0 Å². The molecule has 0 aliphatic heterocycles. The molecular weight excluding hydrogens is 210 g/mol. The van der Waals surface area contributed by atoms with Crippen LogP contribution in [0.3, 0.4) is 0 Å². The fourth-order valence-electron chi connectivity index (χ4n) is 1.21. The highest BCUT2D eigenvalue weighted by Crippen LogP contribution is 1.99. The van der Waals surface area contributed by atoms with Crippen molar-refractivity contribution in [2.75, 3.05) is 13.7 Å². The van der Waals surface area contributed by atoms with E-state index in [4.69, 9.17) is 9.84 Å². The van der Waals surface area contributed by atoms with Crippen molar-refractivity contribution in [1.29, 1.82) is 0 Å². The topological polar surface area (TPSA) is 75.6 Å². The van der Waals surface area contributed by atoms with Crippen molar-refractivity contribution in [2.24, 2.45) is 0 Å². The molecule has 92 valence electrons. The van der Waals surface area contributed by atoms with Gasteiger partial charge in [-0.15, -0.1) is 0 Å². The number of methoxy groups -OCH3 is 1. The molecule has 5 heteroatoms. The van der Waals surface area contributed by atoms with E-state index in [2.05, 4.69) is 5.32 Å². The number of allylic oxidation sites excluding steroid dienone is 1. The molecule has 0 radical (unpaired) electrons. The van der Waals surface area contributed by atoms with Crippen LogP contribution in [0, 0.1) is 0 Å². The zero-order valence-electron chi connectivity index (χ0n) is 9.78. The Morgan fingerprint density at radius 3 is 2.50 bits per heavy atom. The molecule has 0 bridgehead atoms. The fraction of sp³-hybridized carbons (Fsp3) is 0.636. The molecule has 0 saturated carbocycles. The number of aliphatic carboxylic acids is 1. The van der Waals surface area contributed by atoms with E-state index in [-0.39, 0.29) is 12.3 Å². The summed E-state index contributed by atoms with van der Waals surface area (Å²) < 4.78 is 4.84. The van der Waals surface area contributed by atoms with Gasteiger partial charge in [-0.2, -0.15) is 0 Å². The van der Waals surface area contributed by atoms with Crippen LogP contribution in [0.25, 0.3) is 0 Å². The maximum absolute atomic E-state index is 11.3. The summed E-state index contributed by atoms with van der Waals surface area (Å²) in [5.74, 6) is -0.714. The van der Waals surface area contributed by atoms with Gasteiger partial charge in [0.1, 0.15) is 0 Å². The van der Waals surface area contributed by atoms with Crippen LogP contribution in [0.4, 0.5) is 0 Å². The molecule has 0 atom stereocenters. The SMILES string of the molecule is C/C=C(\OC)C(=O)NCCCCCC(=O)O. The van der Waals surface area contributed by atoms with Crippen molar-refractivity contribution in [1.82, 2.24) is 5.32 Å². The van der Waals surface area contributed by atoms with Crippen molar-refractivity contribution in [3.63, 3.8) is 0 Å². The van der Waals surface area contributed by atoms with Gasteiger partial charge in [-0.25, -0.2) is 0 Å². The minimum atomic E-state index is -0.778. The third kappa shape index (κ3) is 6.86. The molecule has 1 amide bonds. The molecule has 5 nitrogen and oxygen atoms in total. The fourth-order valence-corrected chi connectivity index (χ4v) is 1.21. The van der Waals surface area contributed by atoms with Gasteiger partial charge in [-0.1, -0.05) is 6.42 Å². The number of hydrogen-bond donors (Lipinski definition) is 2. The van der Waals surface area contributed by atoms with Crippen LogP contribution in [0.5, 0.6) is 0 Å². The van der Waals surface area contributed by atoms with Crippen molar-refractivity contribution < 1.29 is 19.4 Å². The van der Waals surface area contributed by atoms with Gasteiger partial charge in [0.15, 0.2) is 5.76 Å². The first-order valence-electron chi connectivity index (χ1n) is 5.32. The Labute approximate surface area is 95.5 Å². The van der Waals surface area contributed by atoms with Crippen molar-refractivity contribution in [3.05, 3.63) is 11.8 Å². The average molecular weight is 229 g/mol. The second-order valence-corrected chi connectivity index (χ2v) is 3.32. The number of carboxylic acid groups (broad SMARTS) is 1. The second kappa shape index (κ2) is 8.76. The van der Waals surface area contributed by atoms with E-state index < -0.39 is 5.97 Å². The Kier molecular flexibility index (Phi) is 7.93. The molecule has 0 aliphatic rings. The maximum atomic E-state index is 11.3. The van der Waals surface area contributed by atoms with Gasteiger partial charge in [0, 0.05) is 13.0 Å². The van der Waals surface area contributed by atoms with Gasteiger partial charge >= 0.3 is 5.97 Å². The number of nitrogens with one attached hydrogen (secondary N) is 1. The third-order valence-corrected chi connectivity index (χ3v) is 2.06. The minimum absolute atomic E-state index is 0.187. The van der Waals surface area contributed by atoms with Gasteiger partial charge < -0.3 is 15.2 Å². The number of carbonyl (C=O) groups is 2. The Morgan fingerprint density at radius 1 is 1.31 bits per heavy atom. The van der Waals surface area contributed by atoms with E-state index in [0.717, 1.165) is 12.8 Å². The quantitative estimate of drug-likeness (QED) is 0.373. The summed E-state index contributed by atoms with van der Waals surface area (Å²) >= 11 is 0. The average Bonchev–Trinajstić information content (AvgIpc) is 2.24. The Balaban J connectivity index is 3.52. The highest BCUT2D eigenvalue weighted by atomic mass is 16.5. The summed E-state index contributed by atoms with van der Waals surface area (Å²) in [6.07, 6.45) is 4.00. The van der Waals surface area contributed by atoms with Crippen LogP contribution < -0.4 is 5.32 Å². The van der Waals surface area contributed by atoms with E-state index >= 15 is 0 Å². The predicted molar refractivity (Wildman–Crippen MR) is 59.9 cm³/mol. The lowest BCUT2D eigenvalue weighted by molar-refractivity contribution is -0.137. The first kappa shape index (κ1) is 14.5. The van der Waals surface area contributed by atoms with Gasteiger partial charge in [0.25, 0.3) is 5.91 Å². The molecule has 0 rings (SSSR count). The molecule has 2 N–H and O–H groups in total. The highest BCUT2D eigenvalue weighted by molar-refractivity contribution is 5.91. The number of hydrogen-bond acceptors (Lipinski definition) is 3.